The van der Waals surface area contributed by atoms with E-state index in [-0.39, 0.29) is 6.42 Å². The number of unbranched alkanes of at least 4 members (excludes halogenated alkanes) is 4. The normalized spacial score (nSPS) is 22.3. The minimum absolute atomic E-state index is 0.210. The van der Waals surface area contributed by atoms with Crippen molar-refractivity contribution in [2.75, 3.05) is 26.3 Å². The number of halogens is 3. The van der Waals surface area contributed by atoms with Crippen LogP contribution in [0, 0.1) is 5.92 Å². The van der Waals surface area contributed by atoms with Gasteiger partial charge < -0.3 is 4.74 Å². The van der Waals surface area contributed by atoms with E-state index in [1.54, 1.807) is 5.48 Å². The van der Waals surface area contributed by atoms with Crippen molar-refractivity contribution >= 4 is 16.9 Å². The van der Waals surface area contributed by atoms with E-state index in [9.17, 15) is 22.2 Å². The van der Waals surface area contributed by atoms with Crippen molar-refractivity contribution in [2.45, 2.75) is 81.6 Å². The quantitative estimate of drug-likeness (QED) is 0.307. The Kier molecular flexibility index (Phi) is 9.84. The fraction of sp³-hybridized carbons (Fsp3) is 0.947. The Balaban J connectivity index is 1.67. The van der Waals surface area contributed by atoms with Crippen LogP contribution in [0.15, 0.2) is 0 Å². The summed E-state index contributed by atoms with van der Waals surface area (Å²) >= 11 is 0. The summed E-state index contributed by atoms with van der Waals surface area (Å²) in [6.45, 7) is 1.98. The van der Waals surface area contributed by atoms with Gasteiger partial charge in [0.2, 0.25) is 0 Å². The average Bonchev–Trinajstić information content (AvgIpc) is 2.72. The molecule has 2 rings (SSSR count). The molecule has 1 atom stereocenters. The van der Waals surface area contributed by atoms with Crippen LogP contribution in [0.25, 0.3) is 0 Å². The Morgan fingerprint density at radius 2 is 1.69 bits per heavy atom. The number of carbonyl (C=O) groups excluding carboxylic acids is 1. The van der Waals surface area contributed by atoms with Crippen LogP contribution in [0.2, 0.25) is 0 Å². The molecule has 6 nitrogen and oxygen atoms in total. The minimum atomic E-state index is -4.05. The second-order valence-corrected chi connectivity index (χ2v) is 9.89. The number of hydroxylamine groups is 1. The Morgan fingerprint density at radius 1 is 1.10 bits per heavy atom. The van der Waals surface area contributed by atoms with E-state index in [1.807, 2.05) is 4.31 Å². The van der Waals surface area contributed by atoms with Crippen LogP contribution in [0.4, 0.5) is 13.2 Å². The molecule has 2 N–H and O–H groups in total. The molecule has 2 fully saturated rings. The lowest BCUT2D eigenvalue weighted by Gasteiger charge is -2.40. The highest BCUT2D eigenvalue weighted by Gasteiger charge is 2.48. The highest BCUT2D eigenvalue weighted by Crippen LogP contribution is 2.33. The van der Waals surface area contributed by atoms with Crippen LogP contribution < -0.4 is 5.48 Å². The fourth-order valence-corrected chi connectivity index (χ4v) is 5.94. The van der Waals surface area contributed by atoms with Crippen LogP contribution in [-0.2, 0) is 20.5 Å². The highest BCUT2D eigenvalue weighted by atomic mass is 32.2. The van der Waals surface area contributed by atoms with Gasteiger partial charge in [-0.1, -0.05) is 32.1 Å². The van der Waals surface area contributed by atoms with Crippen molar-refractivity contribution in [3.63, 3.8) is 0 Å². The number of hydrogen-bond donors (Lipinski definition) is 2. The van der Waals surface area contributed by atoms with E-state index >= 15 is 0 Å². The number of nitrogens with zero attached hydrogens (tertiary/aromatic N) is 1. The lowest BCUT2D eigenvalue weighted by atomic mass is 9.92. The maximum Gasteiger partial charge on any atom is 0.389 e. The monoisotopic (exact) mass is 442 g/mol. The predicted molar refractivity (Wildman–Crippen MR) is 104 cm³/mol. The van der Waals surface area contributed by atoms with E-state index in [2.05, 4.69) is 0 Å². The van der Waals surface area contributed by atoms with Crippen LogP contribution in [0.1, 0.15) is 70.6 Å². The zero-order valence-corrected chi connectivity index (χ0v) is 17.7. The van der Waals surface area contributed by atoms with Crippen molar-refractivity contribution in [3.8, 4) is 0 Å². The summed E-state index contributed by atoms with van der Waals surface area (Å²) < 4.78 is 55.5. The van der Waals surface area contributed by atoms with Gasteiger partial charge in [0.05, 0.1) is 0 Å². The third-order valence-electron chi connectivity index (χ3n) is 6.03. The lowest BCUT2D eigenvalue weighted by molar-refractivity contribution is -0.136. The van der Waals surface area contributed by atoms with Gasteiger partial charge in [-0.05, 0) is 38.0 Å². The number of alkyl halides is 3. The molecule has 0 aromatic heterocycles. The summed E-state index contributed by atoms with van der Waals surface area (Å²) in [4.78, 5) is 12.2. The van der Waals surface area contributed by atoms with Crippen LogP contribution in [0.3, 0.4) is 0 Å². The molecule has 1 unspecified atom stereocenters. The van der Waals surface area contributed by atoms with Gasteiger partial charge >= 0.3 is 6.18 Å². The Morgan fingerprint density at radius 3 is 2.28 bits per heavy atom. The van der Waals surface area contributed by atoms with Crippen molar-refractivity contribution in [1.82, 2.24) is 9.79 Å². The van der Waals surface area contributed by atoms with Gasteiger partial charge in [0.1, 0.15) is 15.7 Å². The summed E-state index contributed by atoms with van der Waals surface area (Å²) in [6, 6.07) is 0. The second kappa shape index (κ2) is 11.6. The molecule has 0 radical (unpaired) electrons. The summed E-state index contributed by atoms with van der Waals surface area (Å²) in [7, 11) is -1.53. The largest absolute Gasteiger partial charge is 0.389 e. The first-order chi connectivity index (χ1) is 13.8. The van der Waals surface area contributed by atoms with E-state index in [4.69, 9.17) is 9.94 Å². The molecule has 10 heteroatoms. The molecule has 0 spiro atoms. The third-order valence-corrected chi connectivity index (χ3v) is 8.13. The lowest BCUT2D eigenvalue weighted by Crippen LogP contribution is -2.57. The number of piperidine rings is 1. The standard InChI is InChI=1S/C19H33F3N2O4S/c20-19(21,22)9-5-3-1-2-4-6-16-7-12-24(13-8-16)29(27)18(17(25)23-26)10-14-28-15-11-18/h16,26H,1-15H2,(H,23,25). The SMILES string of the molecule is O=C(NO)C1(S(=O)N2CCC(CCCCCCCC(F)(F)F)CC2)CCOCC1. The van der Waals surface area contributed by atoms with E-state index in [1.165, 1.54) is 0 Å². The molecule has 0 aromatic carbocycles. The van der Waals surface area contributed by atoms with Crippen molar-refractivity contribution in [2.24, 2.45) is 5.92 Å². The Labute approximate surface area is 173 Å². The molecule has 2 heterocycles. The average molecular weight is 443 g/mol. The Hall–Kier alpha value is -0.710. The first-order valence-electron chi connectivity index (χ1n) is 10.5. The molecule has 2 aliphatic rings. The van der Waals surface area contributed by atoms with Gasteiger partial charge in [0.25, 0.3) is 5.91 Å². The number of rotatable bonds is 10. The van der Waals surface area contributed by atoms with E-state index < -0.39 is 34.2 Å². The third kappa shape index (κ3) is 7.48. The zero-order valence-electron chi connectivity index (χ0n) is 16.8. The molecule has 0 saturated carbocycles. The first-order valence-corrected chi connectivity index (χ1v) is 11.6. The highest BCUT2D eigenvalue weighted by molar-refractivity contribution is 7.85. The topological polar surface area (TPSA) is 78.9 Å². The van der Waals surface area contributed by atoms with Crippen LogP contribution in [0.5, 0.6) is 0 Å². The maximum absolute atomic E-state index is 13.1. The predicted octanol–water partition coefficient (Wildman–Crippen LogP) is 3.71. The van der Waals surface area contributed by atoms with Gasteiger partial charge in [-0.15, -0.1) is 0 Å². The van der Waals surface area contributed by atoms with Crippen molar-refractivity contribution in [1.29, 1.82) is 0 Å². The maximum atomic E-state index is 13.1. The molecular weight excluding hydrogens is 409 g/mol. The van der Waals surface area contributed by atoms with Gasteiger partial charge in [-0.3, -0.25) is 10.0 Å². The summed E-state index contributed by atoms with van der Waals surface area (Å²) in [6.07, 6.45) is 2.35. The molecule has 0 bridgehead atoms. The number of ether oxygens (including phenoxy) is 1. The fourth-order valence-electron chi connectivity index (χ4n) is 4.18. The van der Waals surface area contributed by atoms with E-state index in [0.29, 0.717) is 51.5 Å². The minimum Gasteiger partial charge on any atom is -0.381 e. The molecule has 170 valence electrons. The number of carbonyl (C=O) groups is 1. The van der Waals surface area contributed by atoms with E-state index in [0.717, 1.165) is 38.5 Å². The molecule has 2 saturated heterocycles. The molecule has 0 aromatic rings. The second-order valence-electron chi connectivity index (χ2n) is 8.09. The van der Waals surface area contributed by atoms with Crippen LogP contribution >= 0.6 is 0 Å². The van der Waals surface area contributed by atoms with Crippen molar-refractivity contribution in [3.05, 3.63) is 0 Å². The number of nitrogens with one attached hydrogen (secondary N) is 1. The Bertz CT molecular complexity index is 534. The summed E-state index contributed by atoms with van der Waals surface area (Å²) in [5, 5.41) is 9.11. The molecule has 29 heavy (non-hydrogen) atoms. The van der Waals surface area contributed by atoms with Gasteiger partial charge in [0, 0.05) is 32.7 Å². The smallest absolute Gasteiger partial charge is 0.381 e. The molecule has 2 aliphatic heterocycles. The first kappa shape index (κ1) is 24.6. The van der Waals surface area contributed by atoms with Crippen LogP contribution in [-0.4, -0.2) is 56.9 Å². The molecular formula is C19H33F3N2O4S. The zero-order chi connectivity index (χ0) is 21.3. The van der Waals surface area contributed by atoms with Gasteiger partial charge in [-0.2, -0.15) is 13.2 Å². The van der Waals surface area contributed by atoms with Gasteiger partial charge in [-0.25, -0.2) is 14.0 Å². The molecule has 0 aliphatic carbocycles. The molecule has 1 amide bonds. The summed E-state index contributed by atoms with van der Waals surface area (Å²) in [5.41, 5.74) is 1.68. The summed E-state index contributed by atoms with van der Waals surface area (Å²) in [5.74, 6) is -0.0810. The number of hydrogen-bond acceptors (Lipinski definition) is 4. The van der Waals surface area contributed by atoms with Gasteiger partial charge in [0.15, 0.2) is 0 Å². The van der Waals surface area contributed by atoms with Crippen molar-refractivity contribution < 1.29 is 32.1 Å². The number of amides is 1.